The monoisotopic (exact) mass is 517 g/mol. The summed E-state index contributed by atoms with van der Waals surface area (Å²) in [4.78, 5) is 35.1. The van der Waals surface area contributed by atoms with Gasteiger partial charge in [-0.15, -0.1) is 0 Å². The molecule has 196 valence electrons. The summed E-state index contributed by atoms with van der Waals surface area (Å²) in [7, 11) is 0. The molecule has 2 heterocycles. The second kappa shape index (κ2) is 10.7. The lowest BCUT2D eigenvalue weighted by atomic mass is 10.1. The zero-order valence-electron chi connectivity index (χ0n) is 19.6. The Kier molecular flexibility index (Phi) is 8.09. The first-order chi connectivity index (χ1) is 16.8. The molecule has 0 atom stereocenters. The number of hydrogen-bond acceptors (Lipinski definition) is 5. The highest BCUT2D eigenvalue weighted by Gasteiger charge is 2.39. The van der Waals surface area contributed by atoms with Gasteiger partial charge in [-0.25, -0.2) is 9.97 Å². The lowest BCUT2D eigenvalue weighted by Crippen LogP contribution is -2.49. The summed E-state index contributed by atoms with van der Waals surface area (Å²) in [5.41, 5.74) is -3.64. The summed E-state index contributed by atoms with van der Waals surface area (Å²) in [6, 6.07) is 4.41. The van der Waals surface area contributed by atoms with Gasteiger partial charge in [-0.05, 0) is 24.5 Å². The van der Waals surface area contributed by atoms with Crippen molar-refractivity contribution in [2.24, 2.45) is 5.92 Å². The van der Waals surface area contributed by atoms with Gasteiger partial charge in [0.25, 0.3) is 11.8 Å². The maximum absolute atomic E-state index is 13.7. The number of piperazine rings is 1. The van der Waals surface area contributed by atoms with E-state index in [0.29, 0.717) is 6.42 Å². The molecule has 1 N–H and O–H groups in total. The molecule has 0 spiro atoms. The molecule has 0 bridgehead atoms. The minimum absolute atomic E-state index is 0.00282. The molecular weight excluding hydrogens is 492 g/mol. The van der Waals surface area contributed by atoms with Gasteiger partial charge < -0.3 is 15.1 Å². The number of benzene rings is 1. The zero-order chi connectivity index (χ0) is 26.7. The Morgan fingerprint density at radius 1 is 0.972 bits per heavy atom. The lowest BCUT2D eigenvalue weighted by Gasteiger charge is -2.35. The molecule has 3 rings (SSSR count). The predicted octanol–water partition coefficient (Wildman–Crippen LogP) is 4.25. The summed E-state index contributed by atoms with van der Waals surface area (Å²) < 4.78 is 80.8. The Morgan fingerprint density at radius 3 is 2.19 bits per heavy atom. The van der Waals surface area contributed by atoms with Gasteiger partial charge >= 0.3 is 12.4 Å². The number of carbonyl (C=O) groups excluding carboxylic acids is 2. The second-order valence-corrected chi connectivity index (χ2v) is 8.69. The van der Waals surface area contributed by atoms with Gasteiger partial charge in [0.2, 0.25) is 5.95 Å². The van der Waals surface area contributed by atoms with E-state index in [1.165, 1.54) is 21.9 Å². The van der Waals surface area contributed by atoms with Crippen molar-refractivity contribution in [3.05, 3.63) is 52.8 Å². The molecular formula is C23H25F6N5O2. The van der Waals surface area contributed by atoms with E-state index in [-0.39, 0.29) is 44.6 Å². The largest absolute Gasteiger partial charge is 0.434 e. The third-order valence-electron chi connectivity index (χ3n) is 5.61. The van der Waals surface area contributed by atoms with Crippen LogP contribution < -0.4 is 10.2 Å². The van der Waals surface area contributed by atoms with Gasteiger partial charge in [0, 0.05) is 38.9 Å². The van der Waals surface area contributed by atoms with Crippen molar-refractivity contribution in [2.45, 2.75) is 32.6 Å². The smallest absolute Gasteiger partial charge is 0.352 e. The van der Waals surface area contributed by atoms with Crippen LogP contribution in [0.5, 0.6) is 0 Å². The maximum atomic E-state index is 13.7. The molecule has 1 aromatic carbocycles. The number of rotatable bonds is 6. The third-order valence-corrected chi connectivity index (χ3v) is 5.61. The van der Waals surface area contributed by atoms with Gasteiger partial charge in [0.15, 0.2) is 5.69 Å². The van der Waals surface area contributed by atoms with Crippen LogP contribution in [0.15, 0.2) is 30.5 Å². The summed E-state index contributed by atoms with van der Waals surface area (Å²) in [5, 5.41) is 2.43. The lowest BCUT2D eigenvalue weighted by molar-refractivity contribution is -0.141. The number of carbonyl (C=O) groups is 2. The number of amides is 2. The Labute approximate surface area is 203 Å². The number of anilines is 1. The molecule has 0 aliphatic carbocycles. The van der Waals surface area contributed by atoms with Crippen LogP contribution in [0.25, 0.3) is 0 Å². The van der Waals surface area contributed by atoms with E-state index in [2.05, 4.69) is 15.3 Å². The average Bonchev–Trinajstić information content (AvgIpc) is 2.82. The van der Waals surface area contributed by atoms with E-state index in [9.17, 15) is 35.9 Å². The summed E-state index contributed by atoms with van der Waals surface area (Å²) in [6.07, 6.45) is -8.23. The van der Waals surface area contributed by atoms with Crippen LogP contribution in [-0.2, 0) is 12.4 Å². The minimum Gasteiger partial charge on any atom is -0.352 e. The summed E-state index contributed by atoms with van der Waals surface area (Å²) >= 11 is 0. The normalized spacial score (nSPS) is 14.8. The first-order valence-corrected chi connectivity index (χ1v) is 11.2. The number of halogens is 6. The fourth-order valence-electron chi connectivity index (χ4n) is 3.67. The van der Waals surface area contributed by atoms with E-state index in [1.807, 2.05) is 13.8 Å². The van der Waals surface area contributed by atoms with Crippen molar-refractivity contribution in [3.63, 3.8) is 0 Å². The highest BCUT2D eigenvalue weighted by atomic mass is 19.4. The van der Waals surface area contributed by atoms with Gasteiger partial charge in [-0.2, -0.15) is 26.3 Å². The van der Waals surface area contributed by atoms with E-state index < -0.39 is 46.6 Å². The topological polar surface area (TPSA) is 78.4 Å². The molecule has 1 aromatic heterocycles. The van der Waals surface area contributed by atoms with Crippen LogP contribution in [0.2, 0.25) is 0 Å². The van der Waals surface area contributed by atoms with E-state index >= 15 is 0 Å². The predicted molar refractivity (Wildman–Crippen MR) is 118 cm³/mol. The van der Waals surface area contributed by atoms with Gasteiger partial charge in [0.05, 0.1) is 16.7 Å². The quantitative estimate of drug-likeness (QED) is 0.580. The molecule has 0 radical (unpaired) electrons. The number of hydrogen-bond donors (Lipinski definition) is 1. The fraction of sp³-hybridized carbons (Fsp3) is 0.478. The maximum Gasteiger partial charge on any atom is 0.434 e. The van der Waals surface area contributed by atoms with Crippen LogP contribution in [0.1, 0.15) is 52.2 Å². The summed E-state index contributed by atoms with van der Waals surface area (Å²) in [6.45, 7) is 3.92. The molecule has 0 unspecified atom stereocenters. The van der Waals surface area contributed by atoms with Gasteiger partial charge in [0.1, 0.15) is 0 Å². The number of alkyl halides is 6. The van der Waals surface area contributed by atoms with Crippen LogP contribution in [-0.4, -0.2) is 59.4 Å². The zero-order valence-corrected chi connectivity index (χ0v) is 19.6. The fourth-order valence-corrected chi connectivity index (χ4v) is 3.67. The Bertz CT molecular complexity index is 1100. The highest BCUT2D eigenvalue weighted by molar-refractivity contribution is 5.96. The molecule has 2 aromatic rings. The SMILES string of the molecule is CC(C)CCNC(=O)c1cnc(N2CCN(C(=O)c3ccccc3C(F)(F)F)CC2)nc1C(F)(F)F. The van der Waals surface area contributed by atoms with E-state index in [0.717, 1.165) is 18.3 Å². The van der Waals surface area contributed by atoms with Crippen molar-refractivity contribution in [3.8, 4) is 0 Å². The van der Waals surface area contributed by atoms with Crippen molar-refractivity contribution >= 4 is 17.8 Å². The highest BCUT2D eigenvalue weighted by Crippen LogP contribution is 2.33. The molecule has 2 amide bonds. The van der Waals surface area contributed by atoms with Crippen molar-refractivity contribution in [1.82, 2.24) is 20.2 Å². The number of aromatic nitrogens is 2. The molecule has 1 saturated heterocycles. The minimum atomic E-state index is -4.92. The van der Waals surface area contributed by atoms with Crippen molar-refractivity contribution in [2.75, 3.05) is 37.6 Å². The first-order valence-electron chi connectivity index (χ1n) is 11.2. The molecule has 7 nitrogen and oxygen atoms in total. The van der Waals surface area contributed by atoms with Crippen LogP contribution in [0, 0.1) is 5.92 Å². The Morgan fingerprint density at radius 2 is 1.61 bits per heavy atom. The standard InChI is InChI=1S/C23H25F6N5O2/c1-14(2)7-8-30-19(35)16-13-31-21(32-18(16)23(27,28)29)34-11-9-33(10-12-34)20(36)15-5-3-4-6-17(15)22(24,25)26/h3-6,13-14H,7-12H2,1-2H3,(H,30,35). The first kappa shape index (κ1) is 27.2. The van der Waals surface area contributed by atoms with Gasteiger partial charge in [-0.1, -0.05) is 26.0 Å². The average molecular weight is 517 g/mol. The molecule has 1 fully saturated rings. The van der Waals surface area contributed by atoms with Crippen molar-refractivity contribution in [1.29, 1.82) is 0 Å². The Hall–Kier alpha value is -3.38. The van der Waals surface area contributed by atoms with Crippen LogP contribution in [0.3, 0.4) is 0 Å². The molecule has 1 aliphatic heterocycles. The molecule has 13 heteroatoms. The van der Waals surface area contributed by atoms with Crippen molar-refractivity contribution < 1.29 is 35.9 Å². The molecule has 1 aliphatic rings. The van der Waals surface area contributed by atoms with Crippen LogP contribution in [0.4, 0.5) is 32.3 Å². The van der Waals surface area contributed by atoms with Crippen LogP contribution >= 0.6 is 0 Å². The number of nitrogens with one attached hydrogen (secondary N) is 1. The Balaban J connectivity index is 1.74. The second-order valence-electron chi connectivity index (χ2n) is 8.69. The van der Waals surface area contributed by atoms with E-state index in [1.54, 1.807) is 0 Å². The molecule has 36 heavy (non-hydrogen) atoms. The number of nitrogens with zero attached hydrogens (tertiary/aromatic N) is 4. The van der Waals surface area contributed by atoms with E-state index in [4.69, 9.17) is 0 Å². The summed E-state index contributed by atoms with van der Waals surface area (Å²) in [5.74, 6) is -1.80. The molecule has 0 saturated carbocycles. The third kappa shape index (κ3) is 6.43. The van der Waals surface area contributed by atoms with Gasteiger partial charge in [-0.3, -0.25) is 9.59 Å².